The van der Waals surface area contributed by atoms with Crippen LogP contribution >= 0.6 is 27.5 Å². The van der Waals surface area contributed by atoms with Crippen molar-refractivity contribution in [2.45, 2.75) is 13.0 Å². The van der Waals surface area contributed by atoms with Gasteiger partial charge in [-0.1, -0.05) is 17.7 Å². The maximum Gasteiger partial charge on any atom is 0.253 e. The van der Waals surface area contributed by atoms with E-state index in [2.05, 4.69) is 21.2 Å². The third-order valence-electron chi connectivity index (χ3n) is 2.21. The average molecular weight is 320 g/mol. The Morgan fingerprint density at radius 2 is 2.18 bits per heavy atom. The van der Waals surface area contributed by atoms with Gasteiger partial charge in [-0.3, -0.25) is 4.79 Å². The maximum absolute atomic E-state index is 12.0. The molecule has 0 heterocycles. The number of carbonyl (C=O) groups excluding carboxylic acids is 1. The summed E-state index contributed by atoms with van der Waals surface area (Å²) in [5, 5.41) is 3.36. The molecule has 1 N–H and O–H groups in total. The Labute approximate surface area is 115 Å². The molecule has 1 aromatic rings. The molecule has 5 heteroatoms. The van der Waals surface area contributed by atoms with E-state index < -0.39 is 0 Å². The third kappa shape index (κ3) is 4.30. The van der Waals surface area contributed by atoms with E-state index in [0.717, 1.165) is 11.0 Å². The van der Waals surface area contributed by atoms with Crippen LogP contribution in [0.3, 0.4) is 0 Å². The zero-order chi connectivity index (χ0) is 13.0. The van der Waals surface area contributed by atoms with Crippen molar-refractivity contribution in [1.82, 2.24) is 10.2 Å². The monoisotopic (exact) mass is 318 g/mol. The van der Waals surface area contributed by atoms with Crippen LogP contribution in [0.2, 0.25) is 5.02 Å². The molecule has 0 spiro atoms. The Hall–Kier alpha value is -0.580. The lowest BCUT2D eigenvalue weighted by molar-refractivity contribution is 0.0934. The Morgan fingerprint density at radius 3 is 2.76 bits per heavy atom. The summed E-state index contributed by atoms with van der Waals surface area (Å²) >= 11 is 9.36. The predicted molar refractivity (Wildman–Crippen MR) is 74.6 cm³/mol. The fourth-order valence-corrected chi connectivity index (χ4v) is 2.15. The van der Waals surface area contributed by atoms with Gasteiger partial charge < -0.3 is 10.2 Å². The second-order valence-electron chi connectivity index (χ2n) is 4.24. The van der Waals surface area contributed by atoms with E-state index in [1.54, 1.807) is 12.1 Å². The summed E-state index contributed by atoms with van der Waals surface area (Å²) in [5.41, 5.74) is 0.492. The number of benzene rings is 1. The van der Waals surface area contributed by atoms with E-state index in [0.29, 0.717) is 10.6 Å². The van der Waals surface area contributed by atoms with Gasteiger partial charge in [-0.2, -0.15) is 0 Å². The molecule has 1 aromatic carbocycles. The second-order valence-corrected chi connectivity index (χ2v) is 5.47. The van der Waals surface area contributed by atoms with E-state index in [9.17, 15) is 4.79 Å². The zero-order valence-corrected chi connectivity index (χ0v) is 12.5. The van der Waals surface area contributed by atoms with Crippen molar-refractivity contribution in [2.75, 3.05) is 20.6 Å². The number of likely N-dealkylation sites (N-methyl/N-ethyl adjacent to an activating group) is 1. The number of hydrogen-bond acceptors (Lipinski definition) is 2. The average Bonchev–Trinajstić information content (AvgIpc) is 2.20. The molecule has 0 saturated carbocycles. The van der Waals surface area contributed by atoms with Gasteiger partial charge in [0, 0.05) is 17.1 Å². The Morgan fingerprint density at radius 1 is 1.53 bits per heavy atom. The van der Waals surface area contributed by atoms with E-state index in [4.69, 9.17) is 11.6 Å². The highest BCUT2D eigenvalue weighted by Crippen LogP contribution is 2.25. The molecule has 1 unspecified atom stereocenters. The normalized spacial score (nSPS) is 12.6. The minimum absolute atomic E-state index is 0.0764. The fourth-order valence-electron chi connectivity index (χ4n) is 1.57. The maximum atomic E-state index is 12.0. The summed E-state index contributed by atoms with van der Waals surface area (Å²) in [6.07, 6.45) is 0. The number of nitrogens with one attached hydrogen (secondary N) is 1. The molecule has 1 rings (SSSR count). The van der Waals surface area contributed by atoms with Crippen molar-refractivity contribution in [1.29, 1.82) is 0 Å². The van der Waals surface area contributed by atoms with Gasteiger partial charge in [-0.25, -0.2) is 0 Å². The van der Waals surface area contributed by atoms with Crippen molar-refractivity contribution >= 4 is 33.4 Å². The van der Waals surface area contributed by atoms with Crippen LogP contribution in [0.5, 0.6) is 0 Å². The first-order valence-corrected chi connectivity index (χ1v) is 6.48. The van der Waals surface area contributed by atoms with E-state index in [1.165, 1.54) is 0 Å². The van der Waals surface area contributed by atoms with Crippen molar-refractivity contribution in [3.63, 3.8) is 0 Å². The Kier molecular flexibility index (Phi) is 5.43. The van der Waals surface area contributed by atoms with E-state index in [1.807, 2.05) is 32.0 Å². The molecule has 0 fully saturated rings. The molecule has 17 heavy (non-hydrogen) atoms. The van der Waals surface area contributed by atoms with Gasteiger partial charge in [0.1, 0.15) is 0 Å². The van der Waals surface area contributed by atoms with Crippen LogP contribution < -0.4 is 5.32 Å². The number of rotatable bonds is 4. The first-order chi connectivity index (χ1) is 7.91. The summed E-state index contributed by atoms with van der Waals surface area (Å²) < 4.78 is 0.729. The van der Waals surface area contributed by atoms with Crippen molar-refractivity contribution in [3.8, 4) is 0 Å². The molecule has 1 amide bonds. The van der Waals surface area contributed by atoms with Gasteiger partial charge in [0.15, 0.2) is 0 Å². The first kappa shape index (κ1) is 14.5. The molecular formula is C12H16BrClN2O. The van der Waals surface area contributed by atoms with Crippen LogP contribution in [0.1, 0.15) is 17.3 Å². The summed E-state index contributed by atoms with van der Waals surface area (Å²) in [7, 11) is 3.93. The van der Waals surface area contributed by atoms with Gasteiger partial charge in [0.25, 0.3) is 5.91 Å². The predicted octanol–water partition coefficient (Wildman–Crippen LogP) is 2.78. The molecule has 0 aliphatic carbocycles. The van der Waals surface area contributed by atoms with E-state index in [-0.39, 0.29) is 11.9 Å². The minimum atomic E-state index is -0.148. The molecule has 1 atom stereocenters. The highest BCUT2D eigenvalue weighted by atomic mass is 79.9. The number of halogens is 2. The minimum Gasteiger partial charge on any atom is -0.348 e. The summed E-state index contributed by atoms with van der Waals surface area (Å²) in [5.74, 6) is -0.148. The Bertz CT molecular complexity index is 409. The largest absolute Gasteiger partial charge is 0.348 e. The highest BCUT2D eigenvalue weighted by Gasteiger charge is 2.14. The Balaban J connectivity index is 2.73. The number of amides is 1. The molecule has 0 aromatic heterocycles. The van der Waals surface area contributed by atoms with Crippen LogP contribution in [-0.4, -0.2) is 37.5 Å². The van der Waals surface area contributed by atoms with Gasteiger partial charge in [-0.15, -0.1) is 0 Å². The van der Waals surface area contributed by atoms with Crippen LogP contribution in [0.4, 0.5) is 0 Å². The summed E-state index contributed by atoms with van der Waals surface area (Å²) in [6.45, 7) is 2.75. The lowest BCUT2D eigenvalue weighted by atomic mass is 10.2. The standard InChI is InChI=1S/C12H16BrClN2O/c1-8(7-16(2)3)15-12(17)9-5-4-6-10(13)11(9)14/h4-6,8H,7H2,1-3H3,(H,15,17). The SMILES string of the molecule is CC(CN(C)C)NC(=O)c1cccc(Br)c1Cl. The number of carbonyl (C=O) groups is 1. The molecule has 0 aliphatic heterocycles. The van der Waals surface area contributed by atoms with Crippen LogP contribution in [0.25, 0.3) is 0 Å². The number of hydrogen-bond donors (Lipinski definition) is 1. The molecule has 94 valence electrons. The quantitative estimate of drug-likeness (QED) is 0.925. The van der Waals surface area contributed by atoms with Gasteiger partial charge in [0.2, 0.25) is 0 Å². The van der Waals surface area contributed by atoms with Gasteiger partial charge in [-0.05, 0) is 49.1 Å². The molecule has 0 aliphatic rings. The van der Waals surface area contributed by atoms with Crippen molar-refractivity contribution in [2.24, 2.45) is 0 Å². The van der Waals surface area contributed by atoms with Crippen LogP contribution in [0, 0.1) is 0 Å². The van der Waals surface area contributed by atoms with Gasteiger partial charge in [0.05, 0.1) is 10.6 Å². The molecule has 3 nitrogen and oxygen atoms in total. The van der Waals surface area contributed by atoms with E-state index >= 15 is 0 Å². The molecular weight excluding hydrogens is 304 g/mol. The number of nitrogens with zero attached hydrogens (tertiary/aromatic N) is 1. The topological polar surface area (TPSA) is 32.3 Å². The van der Waals surface area contributed by atoms with Gasteiger partial charge >= 0.3 is 0 Å². The molecule has 0 saturated heterocycles. The summed E-state index contributed by atoms with van der Waals surface area (Å²) in [6, 6.07) is 5.39. The summed E-state index contributed by atoms with van der Waals surface area (Å²) in [4.78, 5) is 14.0. The van der Waals surface area contributed by atoms with Crippen molar-refractivity contribution in [3.05, 3.63) is 33.3 Å². The zero-order valence-electron chi connectivity index (χ0n) is 10.1. The smallest absolute Gasteiger partial charge is 0.253 e. The third-order valence-corrected chi connectivity index (χ3v) is 3.51. The molecule has 0 bridgehead atoms. The lowest BCUT2D eigenvalue weighted by Crippen LogP contribution is -2.39. The van der Waals surface area contributed by atoms with Crippen LogP contribution in [-0.2, 0) is 0 Å². The first-order valence-electron chi connectivity index (χ1n) is 5.31. The van der Waals surface area contributed by atoms with Crippen LogP contribution in [0.15, 0.2) is 22.7 Å². The highest BCUT2D eigenvalue weighted by molar-refractivity contribution is 9.10. The van der Waals surface area contributed by atoms with Crippen molar-refractivity contribution < 1.29 is 4.79 Å². The second kappa shape index (κ2) is 6.38. The molecule has 0 radical (unpaired) electrons. The lowest BCUT2D eigenvalue weighted by Gasteiger charge is -2.18. The fraction of sp³-hybridized carbons (Fsp3) is 0.417.